The van der Waals surface area contributed by atoms with Crippen molar-refractivity contribution in [3.8, 4) is 5.69 Å². The fourth-order valence-corrected chi connectivity index (χ4v) is 3.07. The molecule has 3 rings (SSSR count). The Bertz CT molecular complexity index is 945. The number of aromatic nitrogens is 2. The molecule has 1 amide bonds. The van der Waals surface area contributed by atoms with Crippen LogP contribution in [0.5, 0.6) is 0 Å². The number of aryl methyl sites for hydroxylation is 2. The minimum Gasteiger partial charge on any atom is -0.467 e. The molecule has 3 aromatic rings. The van der Waals surface area contributed by atoms with Crippen LogP contribution < -0.4 is 5.73 Å². The van der Waals surface area contributed by atoms with Crippen molar-refractivity contribution in [3.63, 3.8) is 0 Å². The first-order valence-electron chi connectivity index (χ1n) is 8.56. The number of halogens is 1. The van der Waals surface area contributed by atoms with E-state index < -0.39 is 0 Å². The fourth-order valence-electron chi connectivity index (χ4n) is 3.07. The van der Waals surface area contributed by atoms with Gasteiger partial charge in [0.25, 0.3) is 5.91 Å². The van der Waals surface area contributed by atoms with Crippen molar-refractivity contribution in [2.45, 2.75) is 33.9 Å². The van der Waals surface area contributed by atoms with Gasteiger partial charge in [-0.3, -0.25) is 4.79 Å². The average Bonchev–Trinajstić information content (AvgIpc) is 3.21. The summed E-state index contributed by atoms with van der Waals surface area (Å²) in [5, 5.41) is 4.69. The van der Waals surface area contributed by atoms with E-state index >= 15 is 0 Å². The molecule has 0 bridgehead atoms. The molecule has 2 aromatic heterocycles. The Kier molecular flexibility index (Phi) is 6.46. The summed E-state index contributed by atoms with van der Waals surface area (Å²) in [6, 6.07) is 9.82. The molecule has 0 unspecified atom stereocenters. The van der Waals surface area contributed by atoms with Crippen LogP contribution in [0.2, 0.25) is 0 Å². The van der Waals surface area contributed by atoms with Gasteiger partial charge in [-0.2, -0.15) is 5.10 Å². The highest BCUT2D eigenvalue weighted by Crippen LogP contribution is 2.22. The van der Waals surface area contributed by atoms with Gasteiger partial charge in [0.2, 0.25) is 0 Å². The highest BCUT2D eigenvalue weighted by molar-refractivity contribution is 5.93. The lowest BCUT2D eigenvalue weighted by Crippen LogP contribution is -2.26. The highest BCUT2D eigenvalue weighted by Gasteiger charge is 2.20. The minimum atomic E-state index is -0.101. The summed E-state index contributed by atoms with van der Waals surface area (Å²) in [5.74, 6) is 0.498. The number of furan rings is 1. The van der Waals surface area contributed by atoms with Crippen LogP contribution in [-0.2, 0) is 13.1 Å². The van der Waals surface area contributed by atoms with Gasteiger partial charge in [-0.1, -0.05) is 18.2 Å². The Morgan fingerprint density at radius 3 is 2.59 bits per heavy atom. The third kappa shape index (κ3) is 4.07. The molecule has 6 nitrogen and oxygen atoms in total. The monoisotopic (exact) mass is 388 g/mol. The maximum Gasteiger partial charge on any atom is 0.257 e. The number of nitrogens with two attached hydrogens (primary N) is 1. The summed E-state index contributed by atoms with van der Waals surface area (Å²) in [7, 11) is 1.78. The highest BCUT2D eigenvalue weighted by atomic mass is 35.5. The van der Waals surface area contributed by atoms with E-state index in [1.165, 1.54) is 6.26 Å². The molecule has 0 saturated heterocycles. The SMILES string of the molecule is Cc1ccccc1-n1nc(C)c(CN(C)C(=O)c2coc(CN)c2)c1C.Cl. The van der Waals surface area contributed by atoms with Crippen LogP contribution in [0.3, 0.4) is 0 Å². The van der Waals surface area contributed by atoms with Gasteiger partial charge in [0, 0.05) is 24.8 Å². The molecule has 0 aliphatic heterocycles. The van der Waals surface area contributed by atoms with E-state index in [0.717, 1.165) is 28.2 Å². The molecule has 7 heteroatoms. The molecule has 0 radical (unpaired) electrons. The Labute approximate surface area is 165 Å². The van der Waals surface area contributed by atoms with Crippen molar-refractivity contribution >= 4 is 18.3 Å². The number of carbonyl (C=O) groups excluding carboxylic acids is 1. The van der Waals surface area contributed by atoms with E-state index in [-0.39, 0.29) is 24.9 Å². The van der Waals surface area contributed by atoms with Crippen molar-refractivity contribution in [3.05, 3.63) is 70.4 Å². The molecule has 0 aliphatic rings. The van der Waals surface area contributed by atoms with Crippen molar-refractivity contribution in [1.29, 1.82) is 0 Å². The van der Waals surface area contributed by atoms with Gasteiger partial charge < -0.3 is 15.1 Å². The van der Waals surface area contributed by atoms with Gasteiger partial charge in [0.1, 0.15) is 12.0 Å². The third-order valence-corrected chi connectivity index (χ3v) is 4.63. The number of benzene rings is 1. The Morgan fingerprint density at radius 1 is 1.26 bits per heavy atom. The number of hydrogen-bond donors (Lipinski definition) is 1. The van der Waals surface area contributed by atoms with Crippen molar-refractivity contribution in [2.24, 2.45) is 5.73 Å². The van der Waals surface area contributed by atoms with E-state index in [1.54, 1.807) is 18.0 Å². The molecule has 0 atom stereocenters. The van der Waals surface area contributed by atoms with Crippen LogP contribution in [0.4, 0.5) is 0 Å². The smallest absolute Gasteiger partial charge is 0.257 e. The quantitative estimate of drug-likeness (QED) is 0.725. The van der Waals surface area contributed by atoms with E-state index in [2.05, 4.69) is 18.1 Å². The second-order valence-corrected chi connectivity index (χ2v) is 6.51. The maximum atomic E-state index is 12.6. The second kappa shape index (κ2) is 8.41. The van der Waals surface area contributed by atoms with E-state index in [4.69, 9.17) is 10.2 Å². The molecular formula is C20H25ClN4O2. The first-order valence-corrected chi connectivity index (χ1v) is 8.56. The summed E-state index contributed by atoms with van der Waals surface area (Å²) >= 11 is 0. The fraction of sp³-hybridized carbons (Fsp3) is 0.300. The molecule has 0 saturated carbocycles. The zero-order chi connectivity index (χ0) is 18.8. The molecule has 0 aliphatic carbocycles. The summed E-state index contributed by atoms with van der Waals surface area (Å²) in [6.07, 6.45) is 1.46. The van der Waals surface area contributed by atoms with Crippen molar-refractivity contribution < 1.29 is 9.21 Å². The standard InChI is InChI=1S/C20H24N4O2.ClH/c1-13-7-5-6-8-19(13)24-15(3)18(14(2)22-24)11-23(4)20(25)16-9-17(10-21)26-12-16;/h5-9,12H,10-11,21H2,1-4H3;1H. The first-order chi connectivity index (χ1) is 12.4. The van der Waals surface area contributed by atoms with Gasteiger partial charge >= 0.3 is 0 Å². The normalized spacial score (nSPS) is 10.6. The lowest BCUT2D eigenvalue weighted by Gasteiger charge is -2.17. The lowest BCUT2D eigenvalue weighted by molar-refractivity contribution is 0.0784. The predicted octanol–water partition coefficient (Wildman–Crippen LogP) is 3.54. The molecule has 0 spiro atoms. The van der Waals surface area contributed by atoms with Crippen LogP contribution in [0.25, 0.3) is 5.69 Å². The van der Waals surface area contributed by atoms with Crippen molar-refractivity contribution in [2.75, 3.05) is 7.05 Å². The summed E-state index contributed by atoms with van der Waals surface area (Å²) in [5.41, 5.74) is 11.3. The molecule has 144 valence electrons. The molecular weight excluding hydrogens is 364 g/mol. The maximum absolute atomic E-state index is 12.6. The second-order valence-electron chi connectivity index (χ2n) is 6.51. The lowest BCUT2D eigenvalue weighted by atomic mass is 10.1. The molecule has 27 heavy (non-hydrogen) atoms. The van der Waals surface area contributed by atoms with Gasteiger partial charge in [-0.05, 0) is 38.5 Å². The zero-order valence-electron chi connectivity index (χ0n) is 16.0. The first kappa shape index (κ1) is 20.7. The summed E-state index contributed by atoms with van der Waals surface area (Å²) in [6.45, 7) is 6.82. The minimum absolute atomic E-state index is 0. The number of rotatable bonds is 5. The number of amides is 1. The van der Waals surface area contributed by atoms with E-state index in [1.807, 2.05) is 36.7 Å². The van der Waals surface area contributed by atoms with Crippen molar-refractivity contribution in [1.82, 2.24) is 14.7 Å². The van der Waals surface area contributed by atoms with Gasteiger partial charge in [-0.15, -0.1) is 12.4 Å². The van der Waals surface area contributed by atoms with Crippen LogP contribution >= 0.6 is 12.4 Å². The zero-order valence-corrected chi connectivity index (χ0v) is 16.8. The molecule has 2 N–H and O–H groups in total. The largest absolute Gasteiger partial charge is 0.467 e. The Morgan fingerprint density at radius 2 is 1.96 bits per heavy atom. The van der Waals surface area contributed by atoms with Gasteiger partial charge in [0.05, 0.1) is 23.5 Å². The summed E-state index contributed by atoms with van der Waals surface area (Å²) < 4.78 is 7.22. The molecule has 1 aromatic carbocycles. The van der Waals surface area contributed by atoms with Crippen LogP contribution in [-0.4, -0.2) is 27.6 Å². The van der Waals surface area contributed by atoms with E-state index in [9.17, 15) is 4.79 Å². The van der Waals surface area contributed by atoms with Crippen LogP contribution in [0.1, 0.15) is 38.6 Å². The topological polar surface area (TPSA) is 77.3 Å². The number of nitrogens with zero attached hydrogens (tertiary/aromatic N) is 3. The molecule has 2 heterocycles. The number of carbonyl (C=O) groups is 1. The Hall–Kier alpha value is -2.57. The summed E-state index contributed by atoms with van der Waals surface area (Å²) in [4.78, 5) is 14.3. The van der Waals surface area contributed by atoms with Gasteiger partial charge in [-0.25, -0.2) is 4.68 Å². The number of para-hydroxylation sites is 1. The van der Waals surface area contributed by atoms with E-state index in [0.29, 0.717) is 17.9 Å². The average molecular weight is 389 g/mol. The van der Waals surface area contributed by atoms with Gasteiger partial charge in [0.15, 0.2) is 0 Å². The van der Waals surface area contributed by atoms with Crippen LogP contribution in [0.15, 0.2) is 41.0 Å². The van der Waals surface area contributed by atoms with Crippen LogP contribution in [0, 0.1) is 20.8 Å². The predicted molar refractivity (Wildman–Crippen MR) is 107 cm³/mol. The third-order valence-electron chi connectivity index (χ3n) is 4.63. The Balaban J connectivity index is 0.00000261. The molecule has 0 fully saturated rings. The number of hydrogen-bond acceptors (Lipinski definition) is 4.